The quantitative estimate of drug-likeness (QED) is 0.585. The molecule has 0 heterocycles. The molecule has 0 saturated carbocycles. The van der Waals surface area contributed by atoms with E-state index < -0.39 is 0 Å². The largest absolute Gasteiger partial charge is 0.197 e. The highest BCUT2D eigenvalue weighted by Crippen LogP contribution is 2.09. The number of rotatable bonds is 3. The molecule has 1 atom stereocenters. The van der Waals surface area contributed by atoms with E-state index in [1.807, 2.05) is 6.92 Å². The number of nitrogens with zero attached hydrogens (tertiary/aromatic N) is 1. The Morgan fingerprint density at radius 2 is 2.30 bits per heavy atom. The second-order valence-corrected chi connectivity index (χ2v) is 3.76. The maximum absolute atomic E-state index is 8.41. The fourth-order valence-corrected chi connectivity index (χ4v) is 1.19. The molecule has 0 radical (unpaired) electrons. The number of allylic oxidation sites excluding steroid dienone is 1. The van der Waals surface area contributed by atoms with E-state index in [0.717, 1.165) is 5.75 Å². The Morgan fingerprint density at radius 1 is 1.70 bits per heavy atom. The summed E-state index contributed by atoms with van der Waals surface area (Å²) in [6.07, 6.45) is 2.14. The summed E-state index contributed by atoms with van der Waals surface area (Å²) in [5, 5.41) is 8.53. The maximum atomic E-state index is 8.41. The summed E-state index contributed by atoms with van der Waals surface area (Å²) in [5.41, 5.74) is 1.32. The monoisotopic (exact) mass is 155 g/mol. The van der Waals surface area contributed by atoms with E-state index in [1.165, 1.54) is 5.57 Å². The Kier molecular flexibility index (Phi) is 5.15. The number of nitriles is 1. The fraction of sp³-hybridized carbons (Fsp3) is 0.625. The molecular formula is C8H13NS. The Balaban J connectivity index is 3.39. The summed E-state index contributed by atoms with van der Waals surface area (Å²) in [6.45, 7) is 6.05. The third-order valence-electron chi connectivity index (χ3n) is 1.02. The minimum Gasteiger partial charge on any atom is -0.197 e. The van der Waals surface area contributed by atoms with Crippen LogP contribution in [0.2, 0.25) is 0 Å². The van der Waals surface area contributed by atoms with Gasteiger partial charge in [-0.05, 0) is 20.8 Å². The second kappa shape index (κ2) is 5.37. The van der Waals surface area contributed by atoms with Gasteiger partial charge < -0.3 is 0 Å². The van der Waals surface area contributed by atoms with Gasteiger partial charge in [-0.15, -0.1) is 11.8 Å². The van der Waals surface area contributed by atoms with Crippen LogP contribution in [0.15, 0.2) is 11.6 Å². The summed E-state index contributed by atoms with van der Waals surface area (Å²) in [5.74, 6) is 0.955. The van der Waals surface area contributed by atoms with Crippen molar-refractivity contribution in [1.29, 1.82) is 5.26 Å². The van der Waals surface area contributed by atoms with Crippen LogP contribution in [-0.4, -0.2) is 11.0 Å². The van der Waals surface area contributed by atoms with Crippen molar-refractivity contribution >= 4 is 11.8 Å². The minimum absolute atomic E-state index is 0.121. The van der Waals surface area contributed by atoms with Gasteiger partial charge in [-0.1, -0.05) is 11.6 Å². The van der Waals surface area contributed by atoms with Crippen molar-refractivity contribution < 1.29 is 0 Å². The van der Waals surface area contributed by atoms with E-state index in [4.69, 9.17) is 5.26 Å². The molecule has 0 N–H and O–H groups in total. The topological polar surface area (TPSA) is 23.8 Å². The molecule has 0 spiro atoms. The summed E-state index contributed by atoms with van der Waals surface area (Å²) in [6, 6.07) is 2.17. The fourth-order valence-electron chi connectivity index (χ4n) is 0.396. The van der Waals surface area contributed by atoms with Gasteiger partial charge in [0.1, 0.15) is 0 Å². The molecule has 10 heavy (non-hydrogen) atoms. The van der Waals surface area contributed by atoms with Crippen LogP contribution in [0.4, 0.5) is 0 Å². The van der Waals surface area contributed by atoms with Crippen molar-refractivity contribution in [3.8, 4) is 6.07 Å². The molecule has 0 aromatic heterocycles. The Bertz CT molecular complexity index is 151. The Labute approximate surface area is 67.1 Å². The Morgan fingerprint density at radius 3 is 2.70 bits per heavy atom. The molecule has 0 amide bonds. The van der Waals surface area contributed by atoms with Gasteiger partial charge in [-0.3, -0.25) is 0 Å². The van der Waals surface area contributed by atoms with Gasteiger partial charge in [0, 0.05) is 5.75 Å². The zero-order valence-electron chi connectivity index (χ0n) is 6.72. The van der Waals surface area contributed by atoms with E-state index in [-0.39, 0.29) is 5.25 Å². The zero-order valence-corrected chi connectivity index (χ0v) is 7.53. The lowest BCUT2D eigenvalue weighted by molar-refractivity contribution is 1.24. The van der Waals surface area contributed by atoms with Crippen molar-refractivity contribution in [3.05, 3.63) is 11.6 Å². The molecule has 0 aliphatic rings. The van der Waals surface area contributed by atoms with Crippen LogP contribution in [0.25, 0.3) is 0 Å². The molecule has 0 aliphatic heterocycles. The third-order valence-corrected chi connectivity index (χ3v) is 1.98. The molecule has 0 fully saturated rings. The molecule has 0 bridgehead atoms. The molecule has 0 aromatic rings. The van der Waals surface area contributed by atoms with Gasteiger partial charge in [0.25, 0.3) is 0 Å². The van der Waals surface area contributed by atoms with Gasteiger partial charge in [0.05, 0.1) is 11.3 Å². The molecule has 0 saturated heterocycles. The lowest BCUT2D eigenvalue weighted by Gasteiger charge is -1.97. The van der Waals surface area contributed by atoms with Crippen LogP contribution in [0.3, 0.4) is 0 Å². The normalized spacial score (nSPS) is 11.8. The average Bonchev–Trinajstić information content (AvgIpc) is 1.87. The van der Waals surface area contributed by atoms with Crippen molar-refractivity contribution in [2.45, 2.75) is 26.0 Å². The van der Waals surface area contributed by atoms with Crippen LogP contribution in [0.1, 0.15) is 20.8 Å². The van der Waals surface area contributed by atoms with Crippen molar-refractivity contribution in [2.24, 2.45) is 0 Å². The lowest BCUT2D eigenvalue weighted by Crippen LogP contribution is -1.90. The third kappa shape index (κ3) is 5.71. The van der Waals surface area contributed by atoms with Crippen molar-refractivity contribution in [3.63, 3.8) is 0 Å². The SMILES string of the molecule is CC(C)=CCSC(C)C#N. The molecule has 2 heteroatoms. The first-order valence-corrected chi connectivity index (χ1v) is 4.36. The first kappa shape index (κ1) is 9.58. The highest BCUT2D eigenvalue weighted by atomic mass is 32.2. The molecule has 1 unspecified atom stereocenters. The highest BCUT2D eigenvalue weighted by molar-refractivity contribution is 8.00. The van der Waals surface area contributed by atoms with Gasteiger partial charge >= 0.3 is 0 Å². The molecule has 56 valence electrons. The first-order valence-electron chi connectivity index (χ1n) is 3.31. The zero-order chi connectivity index (χ0) is 7.98. The molecule has 1 nitrogen and oxygen atoms in total. The Hall–Kier alpha value is -0.420. The van der Waals surface area contributed by atoms with E-state index in [0.29, 0.717) is 0 Å². The van der Waals surface area contributed by atoms with E-state index in [1.54, 1.807) is 11.8 Å². The van der Waals surface area contributed by atoms with Crippen molar-refractivity contribution in [1.82, 2.24) is 0 Å². The molecular weight excluding hydrogens is 142 g/mol. The summed E-state index contributed by atoms with van der Waals surface area (Å²) in [4.78, 5) is 0. The van der Waals surface area contributed by atoms with Crippen LogP contribution >= 0.6 is 11.8 Å². The number of hydrogen-bond donors (Lipinski definition) is 0. The number of hydrogen-bond acceptors (Lipinski definition) is 2. The summed E-state index contributed by atoms with van der Waals surface area (Å²) < 4.78 is 0. The lowest BCUT2D eigenvalue weighted by atomic mass is 10.3. The van der Waals surface area contributed by atoms with Gasteiger partial charge in [0.15, 0.2) is 0 Å². The standard InChI is InChI=1S/C8H13NS/c1-7(2)4-5-10-8(3)6-9/h4,8H,5H2,1-3H3. The maximum Gasteiger partial charge on any atom is 0.0891 e. The number of thioether (sulfide) groups is 1. The van der Waals surface area contributed by atoms with Crippen LogP contribution < -0.4 is 0 Å². The van der Waals surface area contributed by atoms with E-state index in [9.17, 15) is 0 Å². The predicted octanol–water partition coefficient (Wildman–Crippen LogP) is 2.60. The van der Waals surface area contributed by atoms with Crippen LogP contribution in [-0.2, 0) is 0 Å². The highest BCUT2D eigenvalue weighted by Gasteiger charge is 1.95. The smallest absolute Gasteiger partial charge is 0.0891 e. The van der Waals surface area contributed by atoms with Crippen LogP contribution in [0.5, 0.6) is 0 Å². The van der Waals surface area contributed by atoms with Crippen molar-refractivity contribution in [2.75, 3.05) is 5.75 Å². The first-order chi connectivity index (χ1) is 4.66. The van der Waals surface area contributed by atoms with E-state index >= 15 is 0 Å². The second-order valence-electron chi connectivity index (χ2n) is 2.39. The summed E-state index contributed by atoms with van der Waals surface area (Å²) in [7, 11) is 0. The molecule has 0 aliphatic carbocycles. The van der Waals surface area contributed by atoms with E-state index in [2.05, 4.69) is 26.0 Å². The average molecular weight is 155 g/mol. The van der Waals surface area contributed by atoms with Gasteiger partial charge in [0.2, 0.25) is 0 Å². The van der Waals surface area contributed by atoms with Gasteiger partial charge in [-0.2, -0.15) is 5.26 Å². The minimum atomic E-state index is 0.121. The predicted molar refractivity (Wildman–Crippen MR) is 47.0 cm³/mol. The van der Waals surface area contributed by atoms with Crippen LogP contribution in [0, 0.1) is 11.3 Å². The van der Waals surface area contributed by atoms with Gasteiger partial charge in [-0.25, -0.2) is 0 Å². The molecule has 0 rings (SSSR count). The summed E-state index contributed by atoms with van der Waals surface area (Å²) >= 11 is 1.67. The molecule has 0 aromatic carbocycles.